The van der Waals surface area contributed by atoms with Crippen molar-refractivity contribution in [1.82, 2.24) is 0 Å². The van der Waals surface area contributed by atoms with Crippen LogP contribution in [0.15, 0.2) is 47.6 Å². The monoisotopic (exact) mass is 200 g/mol. The SMILES string of the molecule is C=C1CCCC2C1=C(/C=C\C)C(=C)C2C. The second-order valence-corrected chi connectivity index (χ2v) is 4.74. The lowest BCUT2D eigenvalue weighted by molar-refractivity contribution is 0.427. The van der Waals surface area contributed by atoms with E-state index in [-0.39, 0.29) is 0 Å². The normalized spacial score (nSPS) is 31.6. The van der Waals surface area contributed by atoms with Crippen LogP contribution in [-0.4, -0.2) is 0 Å². The molecule has 0 heteroatoms. The highest BCUT2D eigenvalue weighted by Crippen LogP contribution is 2.49. The zero-order chi connectivity index (χ0) is 11.0. The average Bonchev–Trinajstić information content (AvgIpc) is 2.46. The molecule has 0 radical (unpaired) electrons. The van der Waals surface area contributed by atoms with Crippen LogP contribution in [0.25, 0.3) is 0 Å². The summed E-state index contributed by atoms with van der Waals surface area (Å²) in [5.41, 5.74) is 5.55. The van der Waals surface area contributed by atoms with Gasteiger partial charge in [-0.3, -0.25) is 0 Å². The summed E-state index contributed by atoms with van der Waals surface area (Å²) in [6.07, 6.45) is 8.12. The van der Waals surface area contributed by atoms with Gasteiger partial charge in [0.2, 0.25) is 0 Å². The number of hydrogen-bond acceptors (Lipinski definition) is 0. The van der Waals surface area contributed by atoms with Gasteiger partial charge in [-0.05, 0) is 54.7 Å². The highest BCUT2D eigenvalue weighted by atomic mass is 14.4. The Morgan fingerprint density at radius 1 is 1.33 bits per heavy atom. The molecule has 0 aromatic heterocycles. The third-order valence-electron chi connectivity index (χ3n) is 3.87. The molecular formula is C15H20. The summed E-state index contributed by atoms with van der Waals surface area (Å²) in [4.78, 5) is 0. The van der Waals surface area contributed by atoms with Crippen molar-refractivity contribution < 1.29 is 0 Å². The minimum atomic E-state index is 0.614. The molecule has 0 spiro atoms. The van der Waals surface area contributed by atoms with Crippen LogP contribution in [-0.2, 0) is 0 Å². The van der Waals surface area contributed by atoms with Crippen LogP contribution in [0.2, 0.25) is 0 Å². The van der Waals surface area contributed by atoms with Crippen molar-refractivity contribution in [3.8, 4) is 0 Å². The van der Waals surface area contributed by atoms with Crippen molar-refractivity contribution in [1.29, 1.82) is 0 Å². The molecule has 0 heterocycles. The van der Waals surface area contributed by atoms with E-state index in [9.17, 15) is 0 Å². The van der Waals surface area contributed by atoms with Crippen molar-refractivity contribution in [3.05, 3.63) is 47.6 Å². The molecule has 0 aromatic carbocycles. The maximum atomic E-state index is 4.24. The second kappa shape index (κ2) is 3.84. The van der Waals surface area contributed by atoms with Gasteiger partial charge in [0.05, 0.1) is 0 Å². The van der Waals surface area contributed by atoms with Crippen LogP contribution in [0.5, 0.6) is 0 Å². The quantitative estimate of drug-likeness (QED) is 0.587. The first kappa shape index (κ1) is 10.5. The van der Waals surface area contributed by atoms with Gasteiger partial charge in [-0.2, -0.15) is 0 Å². The third kappa shape index (κ3) is 1.52. The lowest BCUT2D eigenvalue weighted by Crippen LogP contribution is -2.14. The zero-order valence-electron chi connectivity index (χ0n) is 9.84. The molecule has 0 aromatic rings. The van der Waals surface area contributed by atoms with Gasteiger partial charge in [0, 0.05) is 0 Å². The molecule has 1 saturated carbocycles. The van der Waals surface area contributed by atoms with Crippen molar-refractivity contribution >= 4 is 0 Å². The minimum absolute atomic E-state index is 0.614. The van der Waals surface area contributed by atoms with E-state index in [1.807, 2.05) is 0 Å². The molecule has 0 saturated heterocycles. The van der Waals surface area contributed by atoms with Crippen molar-refractivity contribution in [3.63, 3.8) is 0 Å². The molecule has 0 aliphatic heterocycles. The van der Waals surface area contributed by atoms with Crippen molar-refractivity contribution in [2.24, 2.45) is 11.8 Å². The van der Waals surface area contributed by atoms with E-state index in [1.54, 1.807) is 0 Å². The van der Waals surface area contributed by atoms with Crippen LogP contribution < -0.4 is 0 Å². The smallest absolute Gasteiger partial charge is 0.00871 e. The minimum Gasteiger partial charge on any atom is -0.0955 e. The second-order valence-electron chi connectivity index (χ2n) is 4.74. The molecule has 2 rings (SSSR count). The molecule has 2 unspecified atom stereocenters. The van der Waals surface area contributed by atoms with E-state index < -0.39 is 0 Å². The number of fused-ring (bicyclic) bond motifs is 1. The molecule has 2 atom stereocenters. The Labute approximate surface area is 93.1 Å². The fourth-order valence-corrected chi connectivity index (χ4v) is 2.99. The Morgan fingerprint density at radius 2 is 2.07 bits per heavy atom. The third-order valence-corrected chi connectivity index (χ3v) is 3.87. The maximum Gasteiger partial charge on any atom is -0.00871 e. The molecule has 2 aliphatic rings. The van der Waals surface area contributed by atoms with Crippen molar-refractivity contribution in [2.45, 2.75) is 33.1 Å². The van der Waals surface area contributed by atoms with E-state index in [2.05, 4.69) is 39.2 Å². The summed E-state index contributed by atoms with van der Waals surface area (Å²) in [5, 5.41) is 0. The van der Waals surface area contributed by atoms with E-state index in [1.165, 1.54) is 41.6 Å². The molecule has 0 N–H and O–H groups in total. The van der Waals surface area contributed by atoms with Gasteiger partial charge in [-0.25, -0.2) is 0 Å². The lowest BCUT2D eigenvalue weighted by atomic mass is 9.78. The van der Waals surface area contributed by atoms with Gasteiger partial charge < -0.3 is 0 Å². The van der Waals surface area contributed by atoms with E-state index in [4.69, 9.17) is 0 Å². The summed E-state index contributed by atoms with van der Waals surface area (Å²) >= 11 is 0. The predicted molar refractivity (Wildman–Crippen MR) is 66.6 cm³/mol. The summed E-state index contributed by atoms with van der Waals surface area (Å²) in [5.74, 6) is 1.31. The van der Waals surface area contributed by atoms with Gasteiger partial charge in [-0.15, -0.1) is 0 Å². The van der Waals surface area contributed by atoms with E-state index in [0.717, 1.165) is 0 Å². The number of rotatable bonds is 1. The van der Waals surface area contributed by atoms with Gasteiger partial charge >= 0.3 is 0 Å². The molecule has 1 fully saturated rings. The van der Waals surface area contributed by atoms with Crippen LogP contribution in [0.1, 0.15) is 33.1 Å². The lowest BCUT2D eigenvalue weighted by Gasteiger charge is -2.26. The average molecular weight is 200 g/mol. The fourth-order valence-electron chi connectivity index (χ4n) is 2.99. The number of allylic oxidation sites excluding steroid dienone is 6. The van der Waals surface area contributed by atoms with Gasteiger partial charge in [0.25, 0.3) is 0 Å². The Bertz CT molecular complexity index is 365. The first-order valence-electron chi connectivity index (χ1n) is 5.91. The molecule has 0 bridgehead atoms. The van der Waals surface area contributed by atoms with E-state index >= 15 is 0 Å². The molecular weight excluding hydrogens is 180 g/mol. The van der Waals surface area contributed by atoms with Crippen LogP contribution in [0.4, 0.5) is 0 Å². The Morgan fingerprint density at radius 3 is 2.73 bits per heavy atom. The van der Waals surface area contributed by atoms with Gasteiger partial charge in [-0.1, -0.05) is 37.8 Å². The standard InChI is InChI=1S/C15H20/c1-5-7-13-11(3)12(4)14-9-6-8-10(2)15(13)14/h5,7,12,14H,2-3,6,8-9H2,1,4H3/b7-5-. The summed E-state index contributed by atoms with van der Waals surface area (Å²) in [6.45, 7) is 12.9. The predicted octanol–water partition coefficient (Wildman–Crippen LogP) is 4.42. The molecule has 15 heavy (non-hydrogen) atoms. The van der Waals surface area contributed by atoms with Gasteiger partial charge in [0.15, 0.2) is 0 Å². The summed E-state index contributed by atoms with van der Waals surface area (Å²) in [7, 11) is 0. The first-order chi connectivity index (χ1) is 7.16. The van der Waals surface area contributed by atoms with Crippen LogP contribution in [0.3, 0.4) is 0 Å². The van der Waals surface area contributed by atoms with Crippen LogP contribution in [0, 0.1) is 11.8 Å². The van der Waals surface area contributed by atoms with E-state index in [0.29, 0.717) is 11.8 Å². The fraction of sp³-hybridized carbons (Fsp3) is 0.467. The Hall–Kier alpha value is -1.04. The zero-order valence-corrected chi connectivity index (χ0v) is 9.84. The van der Waals surface area contributed by atoms with Gasteiger partial charge in [0.1, 0.15) is 0 Å². The summed E-state index contributed by atoms with van der Waals surface area (Å²) in [6, 6.07) is 0. The topological polar surface area (TPSA) is 0 Å². The summed E-state index contributed by atoms with van der Waals surface area (Å²) < 4.78 is 0. The van der Waals surface area contributed by atoms with Crippen LogP contribution >= 0.6 is 0 Å². The molecule has 0 amide bonds. The Kier molecular flexibility index (Phi) is 2.68. The first-order valence-corrected chi connectivity index (χ1v) is 5.91. The maximum absolute atomic E-state index is 4.24. The highest BCUT2D eigenvalue weighted by molar-refractivity contribution is 5.57. The largest absolute Gasteiger partial charge is 0.0955 e. The number of hydrogen-bond donors (Lipinski definition) is 0. The Balaban J connectivity index is 2.49. The van der Waals surface area contributed by atoms with Crippen molar-refractivity contribution in [2.75, 3.05) is 0 Å². The highest BCUT2D eigenvalue weighted by Gasteiger charge is 2.36. The molecule has 0 nitrogen and oxygen atoms in total. The molecule has 2 aliphatic carbocycles. The molecule has 80 valence electrons.